The summed E-state index contributed by atoms with van der Waals surface area (Å²) in [5.74, 6) is -0.717. The lowest BCUT2D eigenvalue weighted by molar-refractivity contribution is 0.0594. The van der Waals surface area contributed by atoms with Crippen LogP contribution in [0.5, 0.6) is 0 Å². The van der Waals surface area contributed by atoms with E-state index in [9.17, 15) is 13.2 Å². The zero-order valence-electron chi connectivity index (χ0n) is 16.1. The maximum absolute atomic E-state index is 13.6. The monoisotopic (exact) mass is 483 g/mol. The van der Waals surface area contributed by atoms with Crippen molar-refractivity contribution in [1.29, 1.82) is 0 Å². The smallest absolute Gasteiger partial charge is 0.356 e. The molecule has 0 unspecified atom stereocenters. The van der Waals surface area contributed by atoms with Gasteiger partial charge in [0, 0.05) is 16.3 Å². The van der Waals surface area contributed by atoms with E-state index in [0.717, 1.165) is 15.1 Å². The van der Waals surface area contributed by atoms with E-state index in [4.69, 9.17) is 4.74 Å². The summed E-state index contributed by atoms with van der Waals surface area (Å²) in [6.07, 6.45) is 0. The fourth-order valence-corrected chi connectivity index (χ4v) is 5.40. The van der Waals surface area contributed by atoms with E-state index >= 15 is 0 Å². The van der Waals surface area contributed by atoms with Gasteiger partial charge in [0.2, 0.25) is 0 Å². The molecule has 7 heteroatoms. The van der Waals surface area contributed by atoms with E-state index in [-0.39, 0.29) is 10.6 Å². The Morgan fingerprint density at radius 2 is 1.57 bits per heavy atom. The van der Waals surface area contributed by atoms with Crippen molar-refractivity contribution < 1.29 is 17.9 Å². The van der Waals surface area contributed by atoms with Crippen LogP contribution >= 0.6 is 15.9 Å². The van der Waals surface area contributed by atoms with Gasteiger partial charge in [0.25, 0.3) is 10.0 Å². The van der Waals surface area contributed by atoms with Crippen LogP contribution in [0.4, 0.5) is 0 Å². The van der Waals surface area contributed by atoms with Gasteiger partial charge in [0.05, 0.1) is 17.5 Å². The number of fused-ring (bicyclic) bond motifs is 1. The SMILES string of the molecule is COC(=O)c1c(-c2ccc(CBr)cc2)c2ccccc2n1S(=O)(=O)c1ccccc1. The molecule has 4 aromatic rings. The second-order valence-electron chi connectivity index (χ2n) is 6.65. The van der Waals surface area contributed by atoms with E-state index in [1.54, 1.807) is 30.3 Å². The first-order chi connectivity index (χ1) is 14.5. The Balaban J connectivity index is 2.12. The van der Waals surface area contributed by atoms with Gasteiger partial charge in [0.15, 0.2) is 5.69 Å². The highest BCUT2D eigenvalue weighted by molar-refractivity contribution is 9.08. The minimum Gasteiger partial charge on any atom is -0.464 e. The Labute approximate surface area is 183 Å². The lowest BCUT2D eigenvalue weighted by atomic mass is 10.0. The molecule has 0 aliphatic carbocycles. The first-order valence-corrected chi connectivity index (χ1v) is 11.7. The summed E-state index contributed by atoms with van der Waals surface area (Å²) in [7, 11) is -2.80. The summed E-state index contributed by atoms with van der Waals surface area (Å²) in [5.41, 5.74) is 2.73. The standard InChI is InChI=1S/C23H18BrNO4S/c1-29-23(26)22-21(17-13-11-16(15-24)12-14-17)19-9-5-6-10-20(19)25(22)30(27,28)18-7-3-2-4-8-18/h2-14H,15H2,1H3. The number of halogens is 1. The third-order valence-corrected chi connectivity index (χ3v) is 7.26. The molecule has 0 saturated heterocycles. The number of carbonyl (C=O) groups excluding carboxylic acids is 1. The van der Waals surface area contributed by atoms with Crippen LogP contribution in [0.2, 0.25) is 0 Å². The quantitative estimate of drug-likeness (QED) is 0.288. The first-order valence-electron chi connectivity index (χ1n) is 9.16. The van der Waals surface area contributed by atoms with Gasteiger partial charge < -0.3 is 4.74 Å². The second-order valence-corrected chi connectivity index (χ2v) is 8.99. The molecule has 0 atom stereocenters. The Kier molecular flexibility index (Phi) is 5.49. The van der Waals surface area contributed by atoms with Crippen molar-refractivity contribution in [2.75, 3.05) is 7.11 Å². The summed E-state index contributed by atoms with van der Waals surface area (Å²) in [6.45, 7) is 0. The molecule has 0 aliphatic heterocycles. The number of nitrogens with zero attached hydrogens (tertiary/aromatic N) is 1. The van der Waals surface area contributed by atoms with Crippen LogP contribution in [0.3, 0.4) is 0 Å². The number of hydrogen-bond donors (Lipinski definition) is 0. The number of benzene rings is 3. The van der Waals surface area contributed by atoms with E-state index in [1.807, 2.05) is 36.4 Å². The molecule has 0 aliphatic rings. The molecule has 4 rings (SSSR count). The van der Waals surface area contributed by atoms with E-state index in [1.165, 1.54) is 19.2 Å². The van der Waals surface area contributed by atoms with Crippen LogP contribution < -0.4 is 0 Å². The summed E-state index contributed by atoms with van der Waals surface area (Å²) in [5, 5.41) is 1.35. The first kappa shape index (κ1) is 20.4. The molecule has 0 fully saturated rings. The third-order valence-electron chi connectivity index (χ3n) is 4.89. The number of hydrogen-bond acceptors (Lipinski definition) is 4. The molecule has 1 heterocycles. The topological polar surface area (TPSA) is 65.4 Å². The highest BCUT2D eigenvalue weighted by atomic mass is 79.9. The van der Waals surface area contributed by atoms with Crippen molar-refractivity contribution in [1.82, 2.24) is 3.97 Å². The predicted octanol–water partition coefficient (Wildman–Crippen LogP) is 5.23. The van der Waals surface area contributed by atoms with Crippen molar-refractivity contribution in [3.05, 3.63) is 90.1 Å². The fraction of sp³-hybridized carbons (Fsp3) is 0.0870. The van der Waals surface area contributed by atoms with Crippen LogP contribution in [-0.2, 0) is 20.1 Å². The number of carbonyl (C=O) groups is 1. The summed E-state index contributed by atoms with van der Waals surface area (Å²) in [6, 6.07) is 22.8. The Morgan fingerprint density at radius 1 is 0.933 bits per heavy atom. The molecule has 0 amide bonds. The number of aromatic nitrogens is 1. The van der Waals surface area contributed by atoms with Gasteiger partial charge in [-0.15, -0.1) is 0 Å². The Morgan fingerprint density at radius 3 is 2.20 bits per heavy atom. The van der Waals surface area contributed by atoms with Gasteiger partial charge in [-0.25, -0.2) is 17.2 Å². The van der Waals surface area contributed by atoms with Crippen LogP contribution in [0.15, 0.2) is 83.8 Å². The van der Waals surface area contributed by atoms with Crippen molar-refractivity contribution in [2.24, 2.45) is 0 Å². The maximum atomic E-state index is 13.6. The van der Waals surface area contributed by atoms with Crippen LogP contribution in [0, 0.1) is 0 Å². The molecule has 0 radical (unpaired) electrons. The molecule has 30 heavy (non-hydrogen) atoms. The number of methoxy groups -OCH3 is 1. The number of alkyl halides is 1. The maximum Gasteiger partial charge on any atom is 0.356 e. The highest BCUT2D eigenvalue weighted by Gasteiger charge is 2.31. The van der Waals surface area contributed by atoms with Gasteiger partial charge in [-0.2, -0.15) is 0 Å². The minimum atomic E-state index is -4.04. The molecule has 1 aromatic heterocycles. The Hall–Kier alpha value is -2.90. The van der Waals surface area contributed by atoms with Gasteiger partial charge in [-0.1, -0.05) is 76.6 Å². The normalized spacial score (nSPS) is 11.5. The number of rotatable bonds is 5. The molecule has 0 N–H and O–H groups in total. The van der Waals surface area contributed by atoms with Crippen molar-refractivity contribution in [2.45, 2.75) is 10.2 Å². The average Bonchev–Trinajstić information content (AvgIpc) is 3.15. The molecule has 3 aromatic carbocycles. The van der Waals surface area contributed by atoms with Crippen molar-refractivity contribution in [3.63, 3.8) is 0 Å². The largest absolute Gasteiger partial charge is 0.464 e. The lowest BCUT2D eigenvalue weighted by Crippen LogP contribution is -2.19. The Bertz CT molecular complexity index is 1330. The average molecular weight is 484 g/mol. The van der Waals surface area contributed by atoms with Crippen LogP contribution in [0.25, 0.3) is 22.0 Å². The highest BCUT2D eigenvalue weighted by Crippen LogP contribution is 2.38. The number of esters is 1. The third kappa shape index (κ3) is 3.34. The lowest BCUT2D eigenvalue weighted by Gasteiger charge is -2.12. The molecule has 152 valence electrons. The molecule has 5 nitrogen and oxygen atoms in total. The molecule has 0 bridgehead atoms. The fourth-order valence-electron chi connectivity index (χ4n) is 3.49. The minimum absolute atomic E-state index is 0.0193. The molecular weight excluding hydrogens is 466 g/mol. The molecular formula is C23H18BrNO4S. The van der Waals surface area contributed by atoms with Crippen LogP contribution in [-0.4, -0.2) is 25.5 Å². The van der Waals surface area contributed by atoms with Gasteiger partial charge in [-0.3, -0.25) is 0 Å². The number of para-hydroxylation sites is 1. The van der Waals surface area contributed by atoms with E-state index < -0.39 is 16.0 Å². The predicted molar refractivity (Wildman–Crippen MR) is 120 cm³/mol. The van der Waals surface area contributed by atoms with E-state index in [0.29, 0.717) is 21.8 Å². The molecule has 0 spiro atoms. The summed E-state index contributed by atoms with van der Waals surface area (Å²) >= 11 is 3.43. The van der Waals surface area contributed by atoms with Crippen molar-refractivity contribution in [3.8, 4) is 11.1 Å². The zero-order chi connectivity index (χ0) is 21.3. The molecule has 0 saturated carbocycles. The van der Waals surface area contributed by atoms with Gasteiger partial charge in [-0.05, 0) is 29.3 Å². The van der Waals surface area contributed by atoms with Gasteiger partial charge >= 0.3 is 5.97 Å². The van der Waals surface area contributed by atoms with Crippen LogP contribution in [0.1, 0.15) is 16.1 Å². The second kappa shape index (κ2) is 8.08. The summed E-state index contributed by atoms with van der Waals surface area (Å²) < 4.78 is 33.3. The van der Waals surface area contributed by atoms with E-state index in [2.05, 4.69) is 15.9 Å². The van der Waals surface area contributed by atoms with Crippen molar-refractivity contribution >= 4 is 42.8 Å². The zero-order valence-corrected chi connectivity index (χ0v) is 18.5. The summed E-state index contributed by atoms with van der Waals surface area (Å²) in [4.78, 5) is 13.0. The van der Waals surface area contributed by atoms with Gasteiger partial charge in [0.1, 0.15) is 0 Å². The number of ether oxygens (including phenoxy) is 1.